The second-order valence-electron chi connectivity index (χ2n) is 10.2. The molecule has 0 aromatic heterocycles. The maximum atomic E-state index is 13.1. The summed E-state index contributed by atoms with van der Waals surface area (Å²) in [6, 6.07) is 15.8. The Labute approximate surface area is 195 Å². The largest absolute Gasteiger partial charge is 0.487 e. The lowest BCUT2D eigenvalue weighted by molar-refractivity contribution is -0.0910. The highest BCUT2D eigenvalue weighted by Crippen LogP contribution is 2.52. The van der Waals surface area contributed by atoms with Gasteiger partial charge in [-0.2, -0.15) is 0 Å². The summed E-state index contributed by atoms with van der Waals surface area (Å²) in [7, 11) is 0. The average Bonchev–Trinajstić information content (AvgIpc) is 3.33. The number of rotatable bonds is 5. The predicted molar refractivity (Wildman–Crippen MR) is 126 cm³/mol. The maximum Gasteiger partial charge on any atom is 0.253 e. The molecule has 0 spiro atoms. The Morgan fingerprint density at radius 1 is 1.12 bits per heavy atom. The number of ether oxygens (including phenoxy) is 1. The Bertz CT molecular complexity index is 999. The second-order valence-corrected chi connectivity index (χ2v) is 10.2. The lowest BCUT2D eigenvalue weighted by Gasteiger charge is -2.39. The molecule has 1 saturated heterocycles. The topological polar surface area (TPSA) is 96.0 Å². The lowest BCUT2D eigenvalue weighted by Crippen LogP contribution is -2.49. The van der Waals surface area contributed by atoms with Crippen LogP contribution in [0.1, 0.15) is 60.0 Å². The molecular formula is C27H34N2O4. The maximum absolute atomic E-state index is 13.1. The molecule has 6 nitrogen and oxygen atoms in total. The number of nitrogens with two attached hydrogens (primary N) is 1. The van der Waals surface area contributed by atoms with E-state index in [-0.39, 0.29) is 17.7 Å². The third kappa shape index (κ3) is 4.16. The van der Waals surface area contributed by atoms with Gasteiger partial charge in [0.25, 0.3) is 5.91 Å². The van der Waals surface area contributed by atoms with Crippen LogP contribution in [0.3, 0.4) is 0 Å². The van der Waals surface area contributed by atoms with E-state index in [9.17, 15) is 15.0 Å². The van der Waals surface area contributed by atoms with Gasteiger partial charge in [-0.3, -0.25) is 4.79 Å². The minimum atomic E-state index is -0.727. The first-order valence-electron chi connectivity index (χ1n) is 12.1. The minimum Gasteiger partial charge on any atom is -0.487 e. The molecule has 33 heavy (non-hydrogen) atoms. The summed E-state index contributed by atoms with van der Waals surface area (Å²) in [4.78, 5) is 15.0. The first kappa shape index (κ1) is 22.4. The van der Waals surface area contributed by atoms with Gasteiger partial charge in [0.05, 0.1) is 12.2 Å². The molecule has 3 fully saturated rings. The zero-order chi connectivity index (χ0) is 23.2. The molecule has 2 aromatic carbocycles. The van der Waals surface area contributed by atoms with E-state index in [1.807, 2.05) is 36.1 Å². The predicted octanol–water partition coefficient (Wildman–Crippen LogP) is 3.06. The Morgan fingerprint density at radius 3 is 2.48 bits per heavy atom. The Hall–Kier alpha value is -2.41. The van der Waals surface area contributed by atoms with Gasteiger partial charge in [0, 0.05) is 31.1 Å². The molecule has 5 rings (SSSR count). The van der Waals surface area contributed by atoms with Crippen molar-refractivity contribution in [3.63, 3.8) is 0 Å². The molecule has 1 heterocycles. The van der Waals surface area contributed by atoms with Crippen LogP contribution in [0.4, 0.5) is 0 Å². The summed E-state index contributed by atoms with van der Waals surface area (Å²) >= 11 is 0. The third-order valence-corrected chi connectivity index (χ3v) is 8.15. The zero-order valence-electron chi connectivity index (χ0n) is 19.2. The fourth-order valence-corrected chi connectivity index (χ4v) is 6.23. The third-order valence-electron chi connectivity index (χ3n) is 8.15. The van der Waals surface area contributed by atoms with Crippen molar-refractivity contribution in [3.8, 4) is 5.75 Å². The van der Waals surface area contributed by atoms with E-state index < -0.39 is 17.8 Å². The van der Waals surface area contributed by atoms with Crippen LogP contribution in [0.2, 0.25) is 0 Å². The van der Waals surface area contributed by atoms with Crippen LogP contribution in [0.5, 0.6) is 5.75 Å². The van der Waals surface area contributed by atoms with E-state index in [4.69, 9.17) is 10.5 Å². The number of carbonyl (C=O) groups is 1. The number of piperidine rings is 1. The van der Waals surface area contributed by atoms with Crippen LogP contribution in [0.15, 0.2) is 48.5 Å². The Balaban J connectivity index is 1.18. The zero-order valence-corrected chi connectivity index (χ0v) is 19.2. The molecule has 3 unspecified atom stereocenters. The summed E-state index contributed by atoms with van der Waals surface area (Å²) in [6.45, 7) is 4.05. The first-order valence-corrected chi connectivity index (χ1v) is 12.1. The summed E-state index contributed by atoms with van der Waals surface area (Å²) < 4.78 is 6.27. The van der Waals surface area contributed by atoms with Gasteiger partial charge >= 0.3 is 0 Å². The summed E-state index contributed by atoms with van der Waals surface area (Å²) in [5, 5.41) is 20.4. The number of nitrogens with zero attached hydrogens (tertiary/aromatic N) is 1. The quantitative estimate of drug-likeness (QED) is 0.651. The van der Waals surface area contributed by atoms with Gasteiger partial charge in [-0.25, -0.2) is 0 Å². The fourth-order valence-electron chi connectivity index (χ4n) is 6.23. The van der Waals surface area contributed by atoms with Crippen molar-refractivity contribution in [3.05, 3.63) is 65.2 Å². The van der Waals surface area contributed by atoms with E-state index in [0.29, 0.717) is 23.8 Å². The fraction of sp³-hybridized carbons (Fsp3) is 0.519. The standard InChI is InChI=1S/C27H34N2O4/c1-27(15-21-14-23(27)25(31)24(21)30)33-22-7-5-19(6-8-22)26(32)29-11-9-18(10-12-29)20-4-2-3-17(13-20)16-28/h2-8,13,18,21,23-25,30-31H,9-12,14-16,28H2,1H3/t21?,23-,24?,25?,27+/m0/s1. The van der Waals surface area contributed by atoms with E-state index >= 15 is 0 Å². The number of hydrogen-bond acceptors (Lipinski definition) is 5. The van der Waals surface area contributed by atoms with Gasteiger partial charge in [0.2, 0.25) is 0 Å². The molecule has 1 aliphatic heterocycles. The normalized spacial score (nSPS) is 31.7. The number of likely N-dealkylation sites (tertiary alicyclic amines) is 1. The molecular weight excluding hydrogens is 416 g/mol. The highest BCUT2D eigenvalue weighted by atomic mass is 16.5. The van der Waals surface area contributed by atoms with Gasteiger partial charge in [0.1, 0.15) is 11.4 Å². The number of benzene rings is 2. The molecule has 3 aliphatic rings. The second kappa shape index (κ2) is 8.75. The minimum absolute atomic E-state index is 0.0559. The average molecular weight is 451 g/mol. The lowest BCUT2D eigenvalue weighted by atomic mass is 9.82. The molecule has 6 heteroatoms. The number of fused-ring (bicyclic) bond motifs is 2. The van der Waals surface area contributed by atoms with Crippen LogP contribution >= 0.6 is 0 Å². The van der Waals surface area contributed by atoms with Crippen molar-refractivity contribution < 1.29 is 19.7 Å². The number of aliphatic hydroxyl groups is 2. The number of carbonyl (C=O) groups excluding carboxylic acids is 1. The van der Waals surface area contributed by atoms with Crippen molar-refractivity contribution in [1.82, 2.24) is 4.90 Å². The highest BCUT2D eigenvalue weighted by Gasteiger charge is 2.59. The van der Waals surface area contributed by atoms with Gasteiger partial charge in [-0.15, -0.1) is 0 Å². The monoisotopic (exact) mass is 450 g/mol. The number of amides is 1. The van der Waals surface area contributed by atoms with E-state index in [2.05, 4.69) is 24.3 Å². The molecule has 176 valence electrons. The van der Waals surface area contributed by atoms with Gasteiger partial charge in [0.15, 0.2) is 0 Å². The Kier molecular flexibility index (Phi) is 5.93. The van der Waals surface area contributed by atoms with Crippen molar-refractivity contribution in [2.75, 3.05) is 13.1 Å². The SMILES string of the molecule is C[C@@]1(Oc2ccc(C(=O)N3CCC(c4cccc(CN)c4)CC3)cc2)CC2C[C@H]1C(O)C2O. The summed E-state index contributed by atoms with van der Waals surface area (Å²) in [5.41, 5.74) is 8.43. The van der Waals surface area contributed by atoms with Crippen LogP contribution in [0, 0.1) is 11.8 Å². The van der Waals surface area contributed by atoms with E-state index in [1.165, 1.54) is 5.56 Å². The van der Waals surface area contributed by atoms with Crippen LogP contribution < -0.4 is 10.5 Å². The number of aliphatic hydroxyl groups excluding tert-OH is 2. The van der Waals surface area contributed by atoms with Crippen LogP contribution in [-0.4, -0.2) is 51.9 Å². The smallest absolute Gasteiger partial charge is 0.253 e. The van der Waals surface area contributed by atoms with Crippen LogP contribution in [0.25, 0.3) is 0 Å². The molecule has 4 N–H and O–H groups in total. The van der Waals surface area contributed by atoms with Gasteiger partial charge in [-0.1, -0.05) is 24.3 Å². The van der Waals surface area contributed by atoms with Gasteiger partial charge in [-0.05, 0) is 79.8 Å². The molecule has 0 radical (unpaired) electrons. The highest BCUT2D eigenvalue weighted by molar-refractivity contribution is 5.94. The molecule has 1 amide bonds. The Morgan fingerprint density at radius 2 is 1.85 bits per heavy atom. The number of hydrogen-bond donors (Lipinski definition) is 3. The summed E-state index contributed by atoms with van der Waals surface area (Å²) in [6.07, 6.45) is 2.07. The van der Waals surface area contributed by atoms with Crippen molar-refractivity contribution in [2.24, 2.45) is 17.6 Å². The van der Waals surface area contributed by atoms with Gasteiger partial charge < -0.3 is 25.6 Å². The molecule has 2 aliphatic carbocycles. The molecule has 2 aromatic rings. The molecule has 2 bridgehead atoms. The van der Waals surface area contributed by atoms with Crippen molar-refractivity contribution in [2.45, 2.75) is 62.9 Å². The van der Waals surface area contributed by atoms with Crippen molar-refractivity contribution >= 4 is 5.91 Å². The van der Waals surface area contributed by atoms with Crippen molar-refractivity contribution in [1.29, 1.82) is 0 Å². The van der Waals surface area contributed by atoms with E-state index in [0.717, 1.165) is 44.3 Å². The van der Waals surface area contributed by atoms with Crippen LogP contribution in [-0.2, 0) is 6.54 Å². The summed E-state index contributed by atoms with van der Waals surface area (Å²) in [5.74, 6) is 1.25. The first-order chi connectivity index (χ1) is 15.9. The molecule has 5 atom stereocenters. The van der Waals surface area contributed by atoms with E-state index in [1.54, 1.807) is 0 Å². The molecule has 2 saturated carbocycles.